The van der Waals surface area contributed by atoms with Crippen LogP contribution in [0.2, 0.25) is 0 Å². The zero-order chi connectivity index (χ0) is 27.1. The number of rotatable bonds is 7. The number of nitro groups is 1. The van der Waals surface area contributed by atoms with Crippen LogP contribution in [0.1, 0.15) is 39.3 Å². The number of carbonyl (C=O) groups excluding carboxylic acids is 3. The molecule has 0 aliphatic carbocycles. The molecule has 2 aromatic heterocycles. The molecule has 0 unspecified atom stereocenters. The van der Waals surface area contributed by atoms with Gasteiger partial charge in [-0.05, 0) is 38.5 Å². The summed E-state index contributed by atoms with van der Waals surface area (Å²) < 4.78 is 11.9. The van der Waals surface area contributed by atoms with E-state index in [0.717, 1.165) is 6.20 Å². The average Bonchev–Trinajstić information content (AvgIpc) is 3.45. The summed E-state index contributed by atoms with van der Waals surface area (Å²) in [6.45, 7) is 8.65. The van der Waals surface area contributed by atoms with Crippen molar-refractivity contribution in [1.29, 1.82) is 0 Å². The van der Waals surface area contributed by atoms with Crippen LogP contribution in [0.3, 0.4) is 0 Å². The molecular weight excluding hydrogens is 504 g/mol. The maximum absolute atomic E-state index is 13.1. The van der Waals surface area contributed by atoms with Gasteiger partial charge in [0.1, 0.15) is 30.1 Å². The first-order valence-electron chi connectivity index (χ1n) is 11.4. The number of fused-ring (bicyclic) bond motifs is 1. The highest BCUT2D eigenvalue weighted by atomic mass is 32.1. The van der Waals surface area contributed by atoms with E-state index in [-0.39, 0.29) is 18.1 Å². The minimum absolute atomic E-state index is 0.0491. The van der Waals surface area contributed by atoms with Gasteiger partial charge in [-0.2, -0.15) is 0 Å². The van der Waals surface area contributed by atoms with Crippen molar-refractivity contribution in [3.8, 4) is 10.8 Å². The third-order valence-corrected chi connectivity index (χ3v) is 6.63. The van der Waals surface area contributed by atoms with E-state index in [1.165, 1.54) is 33.9 Å². The summed E-state index contributed by atoms with van der Waals surface area (Å²) in [6, 6.07) is -1.29. The van der Waals surface area contributed by atoms with Crippen molar-refractivity contribution in [2.45, 2.75) is 51.3 Å². The van der Waals surface area contributed by atoms with Crippen molar-refractivity contribution in [3.05, 3.63) is 45.7 Å². The molecule has 4 heterocycles. The summed E-state index contributed by atoms with van der Waals surface area (Å²) in [5.74, 6) is -1.07. The second kappa shape index (κ2) is 9.76. The first kappa shape index (κ1) is 26.0. The molecule has 1 saturated heterocycles. The van der Waals surface area contributed by atoms with Gasteiger partial charge in [-0.1, -0.05) is 12.7 Å². The van der Waals surface area contributed by atoms with Gasteiger partial charge in [-0.3, -0.25) is 9.69 Å². The molecule has 2 amide bonds. The Morgan fingerprint density at radius 1 is 1.41 bits per heavy atom. The molecule has 37 heavy (non-hydrogen) atoms. The number of allylic oxidation sites excluding steroid dienone is 1. The predicted octanol–water partition coefficient (Wildman–Crippen LogP) is 2.79. The largest absolute Gasteiger partial charge is 0.457 e. The summed E-state index contributed by atoms with van der Waals surface area (Å²) in [5, 5.41) is 15.9. The van der Waals surface area contributed by atoms with Gasteiger partial charge in [-0.15, -0.1) is 11.3 Å². The molecule has 13 nitrogen and oxygen atoms in total. The number of alkyl carbamates (subject to hydrolysis) is 1. The molecule has 14 heteroatoms. The maximum atomic E-state index is 13.1. The normalized spacial score (nSPS) is 19.1. The van der Waals surface area contributed by atoms with E-state index in [1.807, 2.05) is 0 Å². The Balaban J connectivity index is 1.65. The zero-order valence-electron chi connectivity index (χ0n) is 20.7. The monoisotopic (exact) mass is 530 g/mol. The number of carbonyl (C=O) groups is 3. The molecule has 4 rings (SSSR count). The number of β-lactam (4-membered cyclic amide) rings is 1. The van der Waals surface area contributed by atoms with Crippen LogP contribution >= 0.6 is 11.3 Å². The highest BCUT2D eigenvalue weighted by molar-refractivity contribution is 7.13. The molecule has 2 aromatic rings. The van der Waals surface area contributed by atoms with Gasteiger partial charge < -0.3 is 24.9 Å². The summed E-state index contributed by atoms with van der Waals surface area (Å²) >= 11 is 1.21. The Morgan fingerprint density at radius 3 is 2.76 bits per heavy atom. The van der Waals surface area contributed by atoms with Crippen LogP contribution in [-0.2, 0) is 26.1 Å². The summed E-state index contributed by atoms with van der Waals surface area (Å²) in [7, 11) is 1.51. The van der Waals surface area contributed by atoms with E-state index in [4.69, 9.17) is 9.47 Å². The molecular formula is C23H26N6O7S. The number of aromatic nitrogens is 3. The van der Waals surface area contributed by atoms with Crippen LogP contribution in [-0.4, -0.2) is 66.6 Å². The molecule has 0 spiro atoms. The molecule has 196 valence electrons. The van der Waals surface area contributed by atoms with E-state index in [2.05, 4.69) is 21.9 Å². The molecule has 0 bridgehead atoms. The topological polar surface area (TPSA) is 159 Å². The minimum atomic E-state index is -0.835. The van der Waals surface area contributed by atoms with Crippen molar-refractivity contribution >= 4 is 40.7 Å². The van der Waals surface area contributed by atoms with Gasteiger partial charge in [-0.25, -0.2) is 24.1 Å². The van der Waals surface area contributed by atoms with Crippen LogP contribution < -0.4 is 5.32 Å². The van der Waals surface area contributed by atoms with Gasteiger partial charge in [0.2, 0.25) is 0 Å². The second-order valence-electron chi connectivity index (χ2n) is 9.45. The Bertz CT molecular complexity index is 1320. The van der Waals surface area contributed by atoms with Crippen LogP contribution in [0.25, 0.3) is 16.4 Å². The lowest BCUT2D eigenvalue weighted by atomic mass is 9.83. The van der Waals surface area contributed by atoms with Gasteiger partial charge in [0.25, 0.3) is 11.7 Å². The third kappa shape index (κ3) is 4.96. The molecule has 2 aliphatic rings. The fraction of sp³-hybridized carbons (Fsp3) is 0.435. The fourth-order valence-corrected chi connectivity index (χ4v) is 5.09. The van der Waals surface area contributed by atoms with Crippen molar-refractivity contribution in [2.24, 2.45) is 7.05 Å². The predicted molar refractivity (Wildman–Crippen MR) is 132 cm³/mol. The lowest BCUT2D eigenvalue weighted by Crippen LogP contribution is -2.71. The van der Waals surface area contributed by atoms with E-state index < -0.39 is 40.6 Å². The van der Waals surface area contributed by atoms with E-state index in [1.54, 1.807) is 26.2 Å². The van der Waals surface area contributed by atoms with Crippen LogP contribution in [0.15, 0.2) is 29.9 Å². The molecule has 0 saturated carbocycles. The highest BCUT2D eigenvalue weighted by Crippen LogP contribution is 2.42. The van der Waals surface area contributed by atoms with Crippen molar-refractivity contribution in [3.63, 3.8) is 0 Å². The summed E-state index contributed by atoms with van der Waals surface area (Å²) in [4.78, 5) is 59.0. The first-order chi connectivity index (χ1) is 17.4. The van der Waals surface area contributed by atoms with Crippen molar-refractivity contribution < 1.29 is 28.8 Å². The van der Waals surface area contributed by atoms with E-state index in [0.29, 0.717) is 34.9 Å². The van der Waals surface area contributed by atoms with E-state index in [9.17, 15) is 24.5 Å². The van der Waals surface area contributed by atoms with Crippen molar-refractivity contribution in [1.82, 2.24) is 24.8 Å². The molecule has 2 aliphatic heterocycles. The number of nitrogens with zero attached hydrogens (tertiary/aromatic N) is 5. The SMILES string of the molecule is C=CCOC(=O)C1=C(c2csc(-c3ncc([N+](=O)[O-])n3C)n2)CC[C@@H]2[C@H](NC(=O)OC(C)(C)C)C(=O)N12. The summed E-state index contributed by atoms with van der Waals surface area (Å²) in [6.07, 6.45) is 2.68. The number of nitrogens with one attached hydrogen (secondary N) is 1. The number of hydrogen-bond acceptors (Lipinski definition) is 10. The number of imidazole rings is 1. The fourth-order valence-electron chi connectivity index (χ4n) is 4.22. The number of hydrogen-bond donors (Lipinski definition) is 1. The quantitative estimate of drug-likeness (QED) is 0.187. The molecule has 1 fully saturated rings. The standard InChI is InChI=1S/C23H26N6O7S/c1-6-9-35-21(31)17-12(13-11-37-19(25-13)18-24-10-15(27(18)5)29(33)34)7-8-14-16(20(30)28(14)17)26-22(32)36-23(2,3)4/h6,10-11,14,16H,1,7-9H2,2-5H3,(H,26,32)/t14-,16+/m1/s1. The van der Waals surface area contributed by atoms with Gasteiger partial charge in [0.15, 0.2) is 5.01 Å². The number of amides is 2. The smallest absolute Gasteiger partial charge is 0.408 e. The maximum Gasteiger partial charge on any atom is 0.408 e. The van der Waals surface area contributed by atoms with E-state index >= 15 is 0 Å². The third-order valence-electron chi connectivity index (χ3n) is 5.79. The number of ether oxygens (including phenoxy) is 2. The van der Waals surface area contributed by atoms with Gasteiger partial charge in [0, 0.05) is 11.0 Å². The molecule has 0 radical (unpaired) electrons. The highest BCUT2D eigenvalue weighted by Gasteiger charge is 2.54. The van der Waals surface area contributed by atoms with Crippen LogP contribution in [0, 0.1) is 10.1 Å². The summed E-state index contributed by atoms with van der Waals surface area (Å²) in [5.41, 5.74) is 0.255. The Labute approximate surface area is 215 Å². The lowest BCUT2D eigenvalue weighted by Gasteiger charge is -2.50. The zero-order valence-corrected chi connectivity index (χ0v) is 21.5. The molecule has 2 atom stereocenters. The van der Waals surface area contributed by atoms with Gasteiger partial charge >= 0.3 is 17.9 Å². The second-order valence-corrected chi connectivity index (χ2v) is 10.3. The average molecular weight is 531 g/mol. The number of esters is 1. The van der Waals surface area contributed by atoms with Crippen LogP contribution in [0.4, 0.5) is 10.6 Å². The van der Waals surface area contributed by atoms with Crippen LogP contribution in [0.5, 0.6) is 0 Å². The molecule has 1 N–H and O–H groups in total. The van der Waals surface area contributed by atoms with Crippen molar-refractivity contribution in [2.75, 3.05) is 6.61 Å². The molecule has 0 aromatic carbocycles. The Morgan fingerprint density at radius 2 is 2.14 bits per heavy atom. The number of thiazole rings is 1. The van der Waals surface area contributed by atoms with Gasteiger partial charge in [0.05, 0.1) is 18.8 Å². The minimum Gasteiger partial charge on any atom is -0.457 e. The Kier molecular flexibility index (Phi) is 6.86. The Hall–Kier alpha value is -4.07. The lowest BCUT2D eigenvalue weighted by molar-refractivity contribution is -0.391. The first-order valence-corrected chi connectivity index (χ1v) is 12.3.